The molecule has 0 aliphatic rings. The molecular weight excluding hydrogens is 261 g/mol. The van der Waals surface area contributed by atoms with Gasteiger partial charge in [-0.15, -0.1) is 0 Å². The van der Waals surface area contributed by atoms with Gasteiger partial charge in [0, 0.05) is 11.3 Å². The Bertz CT molecular complexity index is 518. The second-order valence-electron chi connectivity index (χ2n) is 3.68. The van der Waals surface area contributed by atoms with Gasteiger partial charge in [0.2, 0.25) is 0 Å². The number of rotatable bonds is 4. The molecule has 0 saturated heterocycles. The zero-order chi connectivity index (χ0) is 14.7. The molecule has 0 aliphatic carbocycles. The number of halogens is 1. The lowest BCUT2D eigenvalue weighted by molar-refractivity contribution is -0.156. The largest absolute Gasteiger partial charge is 0.478 e. The van der Waals surface area contributed by atoms with Crippen LogP contribution in [0.3, 0.4) is 0 Å². The highest BCUT2D eigenvalue weighted by Gasteiger charge is 2.29. The number of carboxylic acids is 1. The van der Waals surface area contributed by atoms with E-state index in [1.54, 1.807) is 0 Å². The molecular formula is C11H12FNO6. The number of benzene rings is 1. The van der Waals surface area contributed by atoms with Crippen molar-refractivity contribution in [3.63, 3.8) is 0 Å². The first-order chi connectivity index (χ1) is 8.79. The summed E-state index contributed by atoms with van der Waals surface area (Å²) in [5.41, 5.74) is 3.94. The van der Waals surface area contributed by atoms with Crippen molar-refractivity contribution < 1.29 is 34.0 Å². The summed E-state index contributed by atoms with van der Waals surface area (Å²) in [6.07, 6.45) is -4.00. The number of hydrogen-bond acceptors (Lipinski definition) is 6. The molecule has 0 heterocycles. The van der Waals surface area contributed by atoms with E-state index < -0.39 is 41.1 Å². The molecule has 7 nitrogen and oxygen atoms in total. The first kappa shape index (κ1) is 14.9. The molecule has 0 fully saturated rings. The molecule has 104 valence electrons. The summed E-state index contributed by atoms with van der Waals surface area (Å²) in [5.74, 6) is -3.66. The van der Waals surface area contributed by atoms with Crippen LogP contribution < -0.4 is 5.73 Å². The Balaban J connectivity index is 3.23. The van der Waals surface area contributed by atoms with E-state index in [1.165, 1.54) is 0 Å². The number of nitrogen functional groups attached to an aromatic ring is 1. The number of esters is 1. The van der Waals surface area contributed by atoms with Gasteiger partial charge in [0.25, 0.3) is 0 Å². The number of ether oxygens (including phenoxy) is 1. The Hall–Kier alpha value is -2.19. The van der Waals surface area contributed by atoms with Crippen molar-refractivity contribution in [2.45, 2.75) is 12.2 Å². The van der Waals surface area contributed by atoms with Crippen LogP contribution in [0, 0.1) is 5.82 Å². The molecule has 1 aromatic carbocycles. The summed E-state index contributed by atoms with van der Waals surface area (Å²) in [6, 6.07) is 1.44. The highest BCUT2D eigenvalue weighted by molar-refractivity contribution is 5.93. The van der Waals surface area contributed by atoms with Crippen LogP contribution in [-0.4, -0.2) is 40.5 Å². The van der Waals surface area contributed by atoms with Crippen molar-refractivity contribution >= 4 is 17.6 Å². The van der Waals surface area contributed by atoms with Gasteiger partial charge in [0.15, 0.2) is 6.10 Å². The van der Waals surface area contributed by atoms with E-state index in [4.69, 9.17) is 10.8 Å². The Morgan fingerprint density at radius 3 is 2.42 bits per heavy atom. The summed E-state index contributed by atoms with van der Waals surface area (Å²) < 4.78 is 17.8. The highest BCUT2D eigenvalue weighted by Crippen LogP contribution is 2.26. The normalized spacial score (nSPS) is 13.7. The van der Waals surface area contributed by atoms with Crippen LogP contribution in [0.15, 0.2) is 12.1 Å². The molecule has 0 amide bonds. The number of methoxy groups -OCH3 is 1. The Kier molecular flexibility index (Phi) is 4.41. The quantitative estimate of drug-likeness (QED) is 0.436. The van der Waals surface area contributed by atoms with Crippen LogP contribution in [0.25, 0.3) is 0 Å². The number of nitrogens with two attached hydrogens (primary N) is 1. The maximum Gasteiger partial charge on any atom is 0.337 e. The Labute approximate surface area is 107 Å². The zero-order valence-corrected chi connectivity index (χ0v) is 9.83. The molecule has 0 radical (unpaired) electrons. The first-order valence-corrected chi connectivity index (χ1v) is 5.05. The van der Waals surface area contributed by atoms with E-state index in [2.05, 4.69) is 4.74 Å². The lowest BCUT2D eigenvalue weighted by Crippen LogP contribution is -2.29. The van der Waals surface area contributed by atoms with Crippen molar-refractivity contribution in [3.05, 3.63) is 29.1 Å². The van der Waals surface area contributed by atoms with Crippen LogP contribution in [0.4, 0.5) is 10.1 Å². The average molecular weight is 273 g/mol. The fourth-order valence-corrected chi connectivity index (χ4v) is 1.44. The van der Waals surface area contributed by atoms with E-state index in [-0.39, 0.29) is 5.69 Å². The number of anilines is 1. The number of aromatic carboxylic acids is 1. The summed E-state index contributed by atoms with van der Waals surface area (Å²) >= 11 is 0. The molecule has 0 bridgehead atoms. The van der Waals surface area contributed by atoms with Gasteiger partial charge < -0.3 is 25.8 Å². The SMILES string of the molecule is COC(=O)C(O)C(O)c1cc(C(=O)O)c(N)cc1F. The third-order valence-electron chi connectivity index (χ3n) is 2.46. The van der Waals surface area contributed by atoms with Crippen LogP contribution in [0.5, 0.6) is 0 Å². The van der Waals surface area contributed by atoms with Gasteiger partial charge in [-0.25, -0.2) is 14.0 Å². The predicted molar refractivity (Wildman–Crippen MR) is 60.8 cm³/mol. The maximum absolute atomic E-state index is 13.6. The Morgan fingerprint density at radius 1 is 1.37 bits per heavy atom. The number of carbonyl (C=O) groups is 2. The van der Waals surface area contributed by atoms with Crippen molar-refractivity contribution in [2.75, 3.05) is 12.8 Å². The number of aliphatic hydroxyl groups is 2. The summed E-state index contributed by atoms with van der Waals surface area (Å²) in [6.45, 7) is 0. The molecule has 1 rings (SSSR count). The molecule has 0 aliphatic heterocycles. The molecule has 2 unspecified atom stereocenters. The topological polar surface area (TPSA) is 130 Å². The van der Waals surface area contributed by atoms with Gasteiger partial charge in [0.1, 0.15) is 11.9 Å². The molecule has 8 heteroatoms. The smallest absolute Gasteiger partial charge is 0.337 e. The van der Waals surface area contributed by atoms with Crippen molar-refractivity contribution in [3.8, 4) is 0 Å². The second-order valence-corrected chi connectivity index (χ2v) is 3.68. The third kappa shape index (κ3) is 2.98. The fourth-order valence-electron chi connectivity index (χ4n) is 1.44. The van der Waals surface area contributed by atoms with E-state index in [0.717, 1.165) is 13.2 Å². The second kappa shape index (κ2) is 5.63. The van der Waals surface area contributed by atoms with Gasteiger partial charge in [-0.1, -0.05) is 0 Å². The monoisotopic (exact) mass is 273 g/mol. The van der Waals surface area contributed by atoms with Crippen LogP contribution in [-0.2, 0) is 9.53 Å². The fraction of sp³-hybridized carbons (Fsp3) is 0.273. The lowest BCUT2D eigenvalue weighted by Gasteiger charge is -2.17. The van der Waals surface area contributed by atoms with Crippen LogP contribution in [0.1, 0.15) is 22.0 Å². The minimum absolute atomic E-state index is 0.339. The van der Waals surface area contributed by atoms with Crippen molar-refractivity contribution in [1.82, 2.24) is 0 Å². The highest BCUT2D eigenvalue weighted by atomic mass is 19.1. The summed E-state index contributed by atoms with van der Waals surface area (Å²) in [5, 5.41) is 27.9. The van der Waals surface area contributed by atoms with Crippen molar-refractivity contribution in [1.29, 1.82) is 0 Å². The van der Waals surface area contributed by atoms with E-state index in [0.29, 0.717) is 6.07 Å². The number of carbonyl (C=O) groups excluding carboxylic acids is 1. The lowest BCUT2D eigenvalue weighted by atomic mass is 10.00. The zero-order valence-electron chi connectivity index (χ0n) is 9.83. The minimum Gasteiger partial charge on any atom is -0.478 e. The molecule has 19 heavy (non-hydrogen) atoms. The average Bonchev–Trinajstić information content (AvgIpc) is 2.35. The molecule has 5 N–H and O–H groups in total. The molecule has 1 aromatic rings. The van der Waals surface area contributed by atoms with Gasteiger partial charge in [-0.2, -0.15) is 0 Å². The molecule has 0 spiro atoms. The number of hydrogen-bond donors (Lipinski definition) is 4. The molecule has 0 aromatic heterocycles. The van der Waals surface area contributed by atoms with Crippen molar-refractivity contribution in [2.24, 2.45) is 0 Å². The third-order valence-corrected chi connectivity index (χ3v) is 2.46. The van der Waals surface area contributed by atoms with Gasteiger partial charge >= 0.3 is 11.9 Å². The van der Waals surface area contributed by atoms with Gasteiger partial charge in [-0.05, 0) is 12.1 Å². The standard InChI is InChI=1S/C11H12FNO6/c1-19-11(18)9(15)8(14)4-2-5(10(16)17)7(13)3-6(4)12/h2-3,8-9,14-15H,13H2,1H3,(H,16,17). The number of aliphatic hydroxyl groups excluding tert-OH is 2. The minimum atomic E-state index is -2.04. The van der Waals surface area contributed by atoms with Gasteiger partial charge in [0.05, 0.1) is 12.7 Å². The number of carboxylic acid groups (broad SMARTS) is 1. The molecule has 2 atom stereocenters. The Morgan fingerprint density at radius 2 is 1.95 bits per heavy atom. The maximum atomic E-state index is 13.6. The predicted octanol–water partition coefficient (Wildman–Crippen LogP) is -0.327. The van der Waals surface area contributed by atoms with Crippen LogP contribution in [0.2, 0.25) is 0 Å². The van der Waals surface area contributed by atoms with E-state index in [9.17, 15) is 24.2 Å². The summed E-state index contributed by atoms with van der Waals surface area (Å²) in [7, 11) is 0.973. The summed E-state index contributed by atoms with van der Waals surface area (Å²) in [4.78, 5) is 21.9. The molecule has 0 saturated carbocycles. The first-order valence-electron chi connectivity index (χ1n) is 5.05. The van der Waals surface area contributed by atoms with Gasteiger partial charge in [-0.3, -0.25) is 0 Å². The van der Waals surface area contributed by atoms with E-state index >= 15 is 0 Å². The van der Waals surface area contributed by atoms with E-state index in [1.807, 2.05) is 0 Å². The van der Waals surface area contributed by atoms with Crippen LogP contribution >= 0.6 is 0 Å².